The molecule has 1 N–H and O–H groups in total. The van der Waals surface area contributed by atoms with Gasteiger partial charge in [0.25, 0.3) is 5.56 Å². The van der Waals surface area contributed by atoms with Gasteiger partial charge in [0, 0.05) is 4.88 Å². The lowest BCUT2D eigenvalue weighted by molar-refractivity contribution is -0.142. The molecule has 0 unspecified atom stereocenters. The van der Waals surface area contributed by atoms with Gasteiger partial charge in [-0.05, 0) is 44.6 Å². The van der Waals surface area contributed by atoms with Crippen LogP contribution in [-0.4, -0.2) is 27.8 Å². The fourth-order valence-electron chi connectivity index (χ4n) is 2.87. The van der Waals surface area contributed by atoms with Gasteiger partial charge < -0.3 is 9.72 Å². The van der Waals surface area contributed by atoms with Crippen LogP contribution in [0.1, 0.15) is 43.6 Å². The lowest BCUT2D eigenvalue weighted by Crippen LogP contribution is -2.20. The molecule has 3 rings (SSSR count). The van der Waals surface area contributed by atoms with E-state index in [4.69, 9.17) is 4.74 Å². The molecule has 0 aliphatic heterocycles. The third kappa shape index (κ3) is 3.30. The molecule has 0 bridgehead atoms. The average Bonchev–Trinajstić information content (AvgIpc) is 2.91. The van der Waals surface area contributed by atoms with Crippen LogP contribution in [0.4, 0.5) is 0 Å². The third-order valence-corrected chi connectivity index (χ3v) is 6.39. The molecule has 0 aromatic carbocycles. The molecular weight excluding hydrogens is 332 g/mol. The maximum atomic E-state index is 12.5. The molecule has 1 aliphatic rings. The highest BCUT2D eigenvalue weighted by Gasteiger charge is 2.23. The number of esters is 1. The van der Waals surface area contributed by atoms with Gasteiger partial charge in [-0.2, -0.15) is 0 Å². The molecule has 2 aromatic rings. The number of aromatic amines is 1. The second-order valence-corrected chi connectivity index (χ2v) is 7.80. The van der Waals surface area contributed by atoms with E-state index in [0.717, 1.165) is 29.5 Å². The zero-order chi connectivity index (χ0) is 16.4. The van der Waals surface area contributed by atoms with E-state index >= 15 is 0 Å². The van der Waals surface area contributed by atoms with Gasteiger partial charge in [0.15, 0.2) is 5.16 Å². The van der Waals surface area contributed by atoms with Crippen LogP contribution in [0.5, 0.6) is 0 Å². The van der Waals surface area contributed by atoms with Crippen molar-refractivity contribution < 1.29 is 9.53 Å². The number of hydrogen-bond donors (Lipinski definition) is 1. The molecule has 7 heteroatoms. The Balaban J connectivity index is 1.93. The molecule has 0 amide bonds. The molecule has 23 heavy (non-hydrogen) atoms. The zero-order valence-corrected chi connectivity index (χ0v) is 14.9. The van der Waals surface area contributed by atoms with Crippen molar-refractivity contribution in [3.05, 3.63) is 20.8 Å². The Morgan fingerprint density at radius 2 is 2.17 bits per heavy atom. The summed E-state index contributed by atoms with van der Waals surface area (Å²) in [6.07, 6.45) is 4.95. The number of carbonyl (C=O) groups excluding carboxylic acids is 1. The second-order valence-electron chi connectivity index (χ2n) is 5.53. The first kappa shape index (κ1) is 16.5. The van der Waals surface area contributed by atoms with E-state index in [1.165, 1.54) is 28.6 Å². The fraction of sp³-hybridized carbons (Fsp3) is 0.562. The van der Waals surface area contributed by atoms with Crippen LogP contribution in [0.15, 0.2) is 9.95 Å². The molecule has 0 saturated heterocycles. The van der Waals surface area contributed by atoms with Crippen molar-refractivity contribution >= 4 is 39.3 Å². The van der Waals surface area contributed by atoms with Crippen molar-refractivity contribution in [3.8, 4) is 0 Å². The van der Waals surface area contributed by atoms with E-state index in [0.29, 0.717) is 18.2 Å². The van der Waals surface area contributed by atoms with Gasteiger partial charge in [-0.1, -0.05) is 18.7 Å². The Bertz CT molecular complexity index is 781. The third-order valence-electron chi connectivity index (χ3n) is 3.98. The SMILES string of the molecule is CCOC(=O)[C@H](CC)Sc1nc2sc3c(c2c(=O)[nH]1)CCCC3. The molecule has 0 radical (unpaired) electrons. The highest BCUT2D eigenvalue weighted by Crippen LogP contribution is 2.34. The lowest BCUT2D eigenvalue weighted by Gasteiger charge is -2.12. The van der Waals surface area contributed by atoms with Gasteiger partial charge in [0.05, 0.1) is 12.0 Å². The van der Waals surface area contributed by atoms with Crippen molar-refractivity contribution in [2.45, 2.75) is 56.4 Å². The summed E-state index contributed by atoms with van der Waals surface area (Å²) in [4.78, 5) is 33.9. The zero-order valence-electron chi connectivity index (χ0n) is 13.3. The normalized spacial score (nSPS) is 15.4. The van der Waals surface area contributed by atoms with Crippen LogP contribution in [0.2, 0.25) is 0 Å². The van der Waals surface area contributed by atoms with Crippen LogP contribution in [0, 0.1) is 0 Å². The van der Waals surface area contributed by atoms with E-state index in [-0.39, 0.29) is 16.8 Å². The van der Waals surface area contributed by atoms with E-state index in [1.807, 2.05) is 6.92 Å². The molecule has 124 valence electrons. The Labute approximate surface area is 142 Å². The van der Waals surface area contributed by atoms with E-state index in [9.17, 15) is 9.59 Å². The molecular formula is C16H20N2O3S2. The average molecular weight is 352 g/mol. The van der Waals surface area contributed by atoms with Gasteiger partial charge in [0.2, 0.25) is 0 Å². The van der Waals surface area contributed by atoms with Crippen LogP contribution < -0.4 is 5.56 Å². The Kier molecular flexibility index (Phi) is 5.06. The number of H-pyrrole nitrogens is 1. The predicted molar refractivity (Wildman–Crippen MR) is 93.5 cm³/mol. The number of rotatable bonds is 5. The summed E-state index contributed by atoms with van der Waals surface area (Å²) in [6.45, 7) is 4.07. The summed E-state index contributed by atoms with van der Waals surface area (Å²) < 4.78 is 5.07. The van der Waals surface area contributed by atoms with Gasteiger partial charge >= 0.3 is 5.97 Å². The number of carbonyl (C=O) groups is 1. The summed E-state index contributed by atoms with van der Waals surface area (Å²) in [5.74, 6) is -0.256. The second kappa shape index (κ2) is 7.05. The first-order chi connectivity index (χ1) is 11.1. The molecule has 1 aliphatic carbocycles. The first-order valence-electron chi connectivity index (χ1n) is 8.01. The smallest absolute Gasteiger partial charge is 0.319 e. The van der Waals surface area contributed by atoms with Gasteiger partial charge in [-0.15, -0.1) is 11.3 Å². The number of hydrogen-bond acceptors (Lipinski definition) is 6. The predicted octanol–water partition coefficient (Wildman–Crippen LogP) is 3.30. The highest BCUT2D eigenvalue weighted by atomic mass is 32.2. The van der Waals surface area contributed by atoms with Gasteiger partial charge in [0.1, 0.15) is 10.1 Å². The lowest BCUT2D eigenvalue weighted by atomic mass is 9.97. The van der Waals surface area contributed by atoms with Gasteiger partial charge in [-0.25, -0.2) is 4.98 Å². The number of aromatic nitrogens is 2. The monoisotopic (exact) mass is 352 g/mol. The van der Waals surface area contributed by atoms with Crippen LogP contribution in [0.25, 0.3) is 10.2 Å². The van der Waals surface area contributed by atoms with E-state index in [1.54, 1.807) is 18.3 Å². The van der Waals surface area contributed by atoms with Crippen molar-refractivity contribution in [2.24, 2.45) is 0 Å². The number of fused-ring (bicyclic) bond motifs is 3. The summed E-state index contributed by atoms with van der Waals surface area (Å²) in [7, 11) is 0. The topological polar surface area (TPSA) is 72.0 Å². The molecule has 5 nitrogen and oxygen atoms in total. The number of thioether (sulfide) groups is 1. The molecule has 0 saturated carbocycles. The van der Waals surface area contributed by atoms with E-state index < -0.39 is 0 Å². The van der Waals surface area contributed by atoms with Gasteiger partial charge in [-0.3, -0.25) is 9.59 Å². The molecule has 2 heterocycles. The van der Waals surface area contributed by atoms with Crippen molar-refractivity contribution in [1.29, 1.82) is 0 Å². The first-order valence-corrected chi connectivity index (χ1v) is 9.71. The molecule has 0 spiro atoms. The van der Waals surface area contributed by atoms with E-state index in [2.05, 4.69) is 9.97 Å². The summed E-state index contributed by atoms with van der Waals surface area (Å²) >= 11 is 2.90. The largest absolute Gasteiger partial charge is 0.465 e. The number of nitrogens with one attached hydrogen (secondary N) is 1. The Hall–Kier alpha value is -1.34. The highest BCUT2D eigenvalue weighted by molar-refractivity contribution is 8.00. The minimum atomic E-state index is -0.342. The number of nitrogens with zero attached hydrogens (tertiary/aromatic N) is 1. The quantitative estimate of drug-likeness (QED) is 0.508. The minimum Gasteiger partial charge on any atom is -0.465 e. The molecule has 2 aromatic heterocycles. The number of aryl methyl sites for hydroxylation is 2. The number of thiophene rings is 1. The van der Waals surface area contributed by atoms with Crippen molar-refractivity contribution in [1.82, 2.24) is 9.97 Å². The molecule has 1 atom stereocenters. The van der Waals surface area contributed by atoms with Crippen LogP contribution in [0.3, 0.4) is 0 Å². The Morgan fingerprint density at radius 3 is 2.91 bits per heavy atom. The van der Waals surface area contributed by atoms with Crippen LogP contribution in [-0.2, 0) is 22.4 Å². The van der Waals surface area contributed by atoms with Crippen LogP contribution >= 0.6 is 23.1 Å². The maximum absolute atomic E-state index is 12.5. The van der Waals surface area contributed by atoms with Crippen molar-refractivity contribution in [3.63, 3.8) is 0 Å². The summed E-state index contributed by atoms with van der Waals surface area (Å²) in [5.41, 5.74) is 1.09. The molecule has 0 fully saturated rings. The number of ether oxygens (including phenoxy) is 1. The standard InChI is InChI=1S/C16H20N2O3S2/c1-3-10(15(20)21-4-2)23-16-17-13(19)12-9-7-5-6-8-11(9)22-14(12)18-16/h10H,3-8H2,1-2H3,(H,17,18,19)/t10-/m0/s1. The maximum Gasteiger partial charge on any atom is 0.319 e. The minimum absolute atomic E-state index is 0.0874. The Morgan fingerprint density at radius 1 is 1.39 bits per heavy atom. The van der Waals surface area contributed by atoms with Crippen molar-refractivity contribution in [2.75, 3.05) is 6.61 Å². The summed E-state index contributed by atoms with van der Waals surface area (Å²) in [6, 6.07) is 0. The summed E-state index contributed by atoms with van der Waals surface area (Å²) in [5, 5.41) is 0.907. The fourth-order valence-corrected chi connectivity index (χ4v) is 5.08.